The molecule has 21 heavy (non-hydrogen) atoms. The Bertz CT molecular complexity index is 619. The van der Waals surface area contributed by atoms with Crippen molar-refractivity contribution in [2.75, 3.05) is 19.6 Å². The van der Waals surface area contributed by atoms with Crippen LogP contribution in [0.2, 0.25) is 10.0 Å². The number of nitrogens with one attached hydrogen (secondary N) is 1. The van der Waals surface area contributed by atoms with Gasteiger partial charge in [0.1, 0.15) is 4.90 Å². The summed E-state index contributed by atoms with van der Waals surface area (Å²) in [5.74, 6) is -0.902. The predicted molar refractivity (Wildman–Crippen MR) is 81.9 cm³/mol. The standard InChI is InChI=1S/C13H17Cl2FN2O2S/c1-2-18(9-5-7-17-8-6-9)21(19,20)11-4-3-10(14)13(16)12(11)15/h3-4,9,17H,2,5-8H2,1H3. The molecule has 4 nitrogen and oxygen atoms in total. The highest BCUT2D eigenvalue weighted by molar-refractivity contribution is 7.89. The average Bonchev–Trinajstić information content (AvgIpc) is 2.46. The van der Waals surface area contributed by atoms with Gasteiger partial charge in [0, 0.05) is 12.6 Å². The maximum Gasteiger partial charge on any atom is 0.244 e. The summed E-state index contributed by atoms with van der Waals surface area (Å²) in [5.41, 5.74) is 0. The third kappa shape index (κ3) is 3.35. The van der Waals surface area contributed by atoms with Gasteiger partial charge in [-0.2, -0.15) is 4.31 Å². The van der Waals surface area contributed by atoms with Crippen LogP contribution in [0.25, 0.3) is 0 Å². The number of piperidine rings is 1. The Morgan fingerprint density at radius 3 is 2.52 bits per heavy atom. The minimum Gasteiger partial charge on any atom is -0.317 e. The van der Waals surface area contributed by atoms with Crippen LogP contribution in [0.5, 0.6) is 0 Å². The van der Waals surface area contributed by atoms with Crippen LogP contribution in [0.1, 0.15) is 19.8 Å². The zero-order valence-electron chi connectivity index (χ0n) is 11.6. The van der Waals surface area contributed by atoms with Crippen molar-refractivity contribution in [2.45, 2.75) is 30.7 Å². The molecule has 1 aliphatic rings. The van der Waals surface area contributed by atoms with Gasteiger partial charge >= 0.3 is 0 Å². The second kappa shape index (κ2) is 6.79. The van der Waals surface area contributed by atoms with E-state index in [1.165, 1.54) is 16.4 Å². The summed E-state index contributed by atoms with van der Waals surface area (Å²) < 4.78 is 40.7. The lowest BCUT2D eigenvalue weighted by atomic mass is 10.1. The monoisotopic (exact) mass is 354 g/mol. The zero-order chi connectivity index (χ0) is 15.6. The number of benzene rings is 1. The number of sulfonamides is 1. The van der Waals surface area contributed by atoms with Gasteiger partial charge in [0.15, 0.2) is 5.82 Å². The van der Waals surface area contributed by atoms with E-state index in [0.29, 0.717) is 6.54 Å². The van der Waals surface area contributed by atoms with Crippen LogP contribution in [0.4, 0.5) is 4.39 Å². The molecule has 1 aromatic rings. The summed E-state index contributed by atoms with van der Waals surface area (Å²) in [6, 6.07) is 2.37. The molecular formula is C13H17Cl2FN2O2S. The SMILES string of the molecule is CCN(C1CCNCC1)S(=O)(=O)c1ccc(Cl)c(F)c1Cl. The summed E-state index contributed by atoms with van der Waals surface area (Å²) in [7, 11) is -3.85. The summed E-state index contributed by atoms with van der Waals surface area (Å²) in [5, 5.41) is 2.55. The fraction of sp³-hybridized carbons (Fsp3) is 0.538. The normalized spacial score (nSPS) is 17.4. The van der Waals surface area contributed by atoms with Gasteiger partial charge in [0.2, 0.25) is 10.0 Å². The molecule has 0 radical (unpaired) electrons. The molecule has 0 unspecified atom stereocenters. The second-order valence-electron chi connectivity index (χ2n) is 4.86. The van der Waals surface area contributed by atoms with Crippen LogP contribution in [0.3, 0.4) is 0 Å². The van der Waals surface area contributed by atoms with E-state index in [0.717, 1.165) is 25.9 Å². The third-order valence-electron chi connectivity index (χ3n) is 3.61. The molecule has 2 rings (SSSR count). The molecule has 0 aromatic heterocycles. The first-order chi connectivity index (χ1) is 9.89. The first kappa shape index (κ1) is 17.0. The summed E-state index contributed by atoms with van der Waals surface area (Å²) in [6.07, 6.45) is 1.45. The van der Waals surface area contributed by atoms with E-state index in [1.807, 2.05) is 0 Å². The van der Waals surface area contributed by atoms with Crippen LogP contribution in [0.15, 0.2) is 17.0 Å². The van der Waals surface area contributed by atoms with E-state index >= 15 is 0 Å². The van der Waals surface area contributed by atoms with Crippen molar-refractivity contribution in [3.63, 3.8) is 0 Å². The van der Waals surface area contributed by atoms with Gasteiger partial charge in [0.25, 0.3) is 0 Å². The van der Waals surface area contributed by atoms with Crippen LogP contribution >= 0.6 is 23.2 Å². The molecule has 0 aliphatic carbocycles. The Kier molecular flexibility index (Phi) is 5.48. The lowest BCUT2D eigenvalue weighted by Gasteiger charge is -2.33. The highest BCUT2D eigenvalue weighted by Crippen LogP contribution is 2.32. The van der Waals surface area contributed by atoms with E-state index in [9.17, 15) is 12.8 Å². The molecule has 8 heteroatoms. The molecule has 1 aliphatic heterocycles. The van der Waals surface area contributed by atoms with Gasteiger partial charge in [-0.1, -0.05) is 30.1 Å². The molecule has 1 saturated heterocycles. The molecule has 1 fully saturated rings. The summed E-state index contributed by atoms with van der Waals surface area (Å²) in [6.45, 7) is 3.60. The van der Waals surface area contributed by atoms with E-state index in [1.54, 1.807) is 6.92 Å². The number of halogens is 3. The van der Waals surface area contributed by atoms with Gasteiger partial charge < -0.3 is 5.32 Å². The minimum atomic E-state index is -3.85. The van der Waals surface area contributed by atoms with Crippen LogP contribution < -0.4 is 5.32 Å². The summed E-state index contributed by atoms with van der Waals surface area (Å²) >= 11 is 11.5. The van der Waals surface area contributed by atoms with Crippen molar-refractivity contribution in [2.24, 2.45) is 0 Å². The van der Waals surface area contributed by atoms with E-state index in [2.05, 4.69) is 5.32 Å². The fourth-order valence-electron chi connectivity index (χ4n) is 2.55. The van der Waals surface area contributed by atoms with Crippen molar-refractivity contribution >= 4 is 33.2 Å². The Hall–Kier alpha value is -0.400. The molecule has 0 bridgehead atoms. The highest BCUT2D eigenvalue weighted by Gasteiger charge is 2.33. The first-order valence-corrected chi connectivity index (χ1v) is 8.95. The largest absolute Gasteiger partial charge is 0.317 e. The molecule has 1 aromatic carbocycles. The maximum atomic E-state index is 13.8. The van der Waals surface area contributed by atoms with E-state index in [-0.39, 0.29) is 16.0 Å². The lowest BCUT2D eigenvalue weighted by Crippen LogP contribution is -2.46. The Morgan fingerprint density at radius 2 is 1.95 bits per heavy atom. The maximum absolute atomic E-state index is 13.8. The number of nitrogens with zero attached hydrogens (tertiary/aromatic N) is 1. The van der Waals surface area contributed by atoms with Gasteiger partial charge in [-0.05, 0) is 38.1 Å². The number of hydrogen-bond donors (Lipinski definition) is 1. The number of rotatable bonds is 4. The zero-order valence-corrected chi connectivity index (χ0v) is 13.9. The van der Waals surface area contributed by atoms with Crippen molar-refractivity contribution in [3.05, 3.63) is 28.0 Å². The number of hydrogen-bond acceptors (Lipinski definition) is 3. The molecule has 0 atom stereocenters. The van der Waals surface area contributed by atoms with Crippen molar-refractivity contribution < 1.29 is 12.8 Å². The Labute approximate surface area is 134 Å². The summed E-state index contributed by atoms with van der Waals surface area (Å²) in [4.78, 5) is -0.230. The first-order valence-electron chi connectivity index (χ1n) is 6.75. The fourth-order valence-corrected chi connectivity index (χ4v) is 4.97. The molecule has 1 N–H and O–H groups in total. The Balaban J connectivity index is 2.42. The highest BCUT2D eigenvalue weighted by atomic mass is 35.5. The van der Waals surface area contributed by atoms with Gasteiger partial charge in [0.05, 0.1) is 10.0 Å². The average molecular weight is 355 g/mol. The third-order valence-corrected chi connectivity index (χ3v) is 6.46. The second-order valence-corrected chi connectivity index (χ2v) is 7.51. The predicted octanol–water partition coefficient (Wildman–Crippen LogP) is 2.90. The molecule has 1 heterocycles. The lowest BCUT2D eigenvalue weighted by molar-refractivity contribution is 0.270. The van der Waals surface area contributed by atoms with Crippen LogP contribution in [-0.4, -0.2) is 38.4 Å². The molecule has 0 saturated carbocycles. The van der Waals surface area contributed by atoms with Gasteiger partial charge in [-0.15, -0.1) is 0 Å². The van der Waals surface area contributed by atoms with Crippen LogP contribution in [0, 0.1) is 5.82 Å². The van der Waals surface area contributed by atoms with E-state index in [4.69, 9.17) is 23.2 Å². The van der Waals surface area contributed by atoms with Gasteiger partial charge in [-0.3, -0.25) is 0 Å². The van der Waals surface area contributed by atoms with Gasteiger partial charge in [-0.25, -0.2) is 12.8 Å². The van der Waals surface area contributed by atoms with Crippen molar-refractivity contribution in [3.8, 4) is 0 Å². The van der Waals surface area contributed by atoms with Crippen molar-refractivity contribution in [1.82, 2.24) is 9.62 Å². The van der Waals surface area contributed by atoms with E-state index < -0.39 is 20.9 Å². The molecule has 0 spiro atoms. The Morgan fingerprint density at radius 1 is 1.33 bits per heavy atom. The smallest absolute Gasteiger partial charge is 0.244 e. The van der Waals surface area contributed by atoms with Crippen molar-refractivity contribution in [1.29, 1.82) is 0 Å². The topological polar surface area (TPSA) is 49.4 Å². The van der Waals surface area contributed by atoms with Crippen LogP contribution in [-0.2, 0) is 10.0 Å². The molecule has 0 amide bonds. The quantitative estimate of drug-likeness (QED) is 0.845. The molecule has 118 valence electrons. The molecular weight excluding hydrogens is 338 g/mol. The minimum absolute atomic E-state index is 0.101.